The molecule has 4 heteroatoms. The van der Waals surface area contributed by atoms with Gasteiger partial charge in [0.1, 0.15) is 0 Å². The molecule has 1 unspecified atom stereocenters. The Labute approximate surface area is 114 Å². The molecular formula is C15H21N3O. The lowest BCUT2D eigenvalue weighted by molar-refractivity contribution is 0.0958. The second-order valence-corrected chi connectivity index (χ2v) is 4.76. The van der Waals surface area contributed by atoms with Crippen molar-refractivity contribution >= 4 is 11.6 Å². The maximum absolute atomic E-state index is 11.7. The Morgan fingerprint density at radius 2 is 2.21 bits per heavy atom. The molecule has 1 amide bonds. The van der Waals surface area contributed by atoms with Crippen LogP contribution in [0.5, 0.6) is 0 Å². The number of carbonyl (C=O) groups is 1. The first kappa shape index (κ1) is 13.6. The van der Waals surface area contributed by atoms with Gasteiger partial charge in [0.2, 0.25) is 0 Å². The zero-order chi connectivity index (χ0) is 13.5. The maximum Gasteiger partial charge on any atom is 0.251 e. The number of hydrogen-bond acceptors (Lipinski definition) is 3. The third-order valence-corrected chi connectivity index (χ3v) is 3.22. The van der Waals surface area contributed by atoms with Gasteiger partial charge in [0, 0.05) is 30.4 Å². The highest BCUT2D eigenvalue weighted by atomic mass is 16.1. The van der Waals surface area contributed by atoms with Gasteiger partial charge in [0.05, 0.1) is 0 Å². The summed E-state index contributed by atoms with van der Waals surface area (Å²) in [7, 11) is 0. The lowest BCUT2D eigenvalue weighted by atomic mass is 10.1. The van der Waals surface area contributed by atoms with Crippen LogP contribution >= 0.6 is 0 Å². The molecule has 1 aromatic carbocycles. The molecule has 2 rings (SSSR count). The van der Waals surface area contributed by atoms with E-state index in [1.165, 1.54) is 12.8 Å². The molecule has 4 nitrogen and oxygen atoms in total. The summed E-state index contributed by atoms with van der Waals surface area (Å²) in [6, 6.07) is 8.08. The van der Waals surface area contributed by atoms with E-state index in [1.807, 2.05) is 24.3 Å². The minimum atomic E-state index is -0.0641. The Kier molecular flexibility index (Phi) is 4.98. The lowest BCUT2D eigenvalue weighted by Crippen LogP contribution is -2.38. The van der Waals surface area contributed by atoms with E-state index in [0.717, 1.165) is 18.8 Å². The zero-order valence-electron chi connectivity index (χ0n) is 11.1. The molecule has 0 aliphatic carbocycles. The van der Waals surface area contributed by atoms with E-state index in [2.05, 4.69) is 22.5 Å². The molecule has 0 aromatic heterocycles. The summed E-state index contributed by atoms with van der Waals surface area (Å²) >= 11 is 0. The van der Waals surface area contributed by atoms with Gasteiger partial charge in [-0.2, -0.15) is 0 Å². The van der Waals surface area contributed by atoms with Crippen LogP contribution in [0.4, 0.5) is 5.69 Å². The van der Waals surface area contributed by atoms with E-state index in [4.69, 9.17) is 0 Å². The Hall–Kier alpha value is -1.81. The van der Waals surface area contributed by atoms with Gasteiger partial charge in [-0.3, -0.25) is 4.79 Å². The van der Waals surface area contributed by atoms with Crippen LogP contribution in [0.3, 0.4) is 0 Å². The Morgan fingerprint density at radius 1 is 1.42 bits per heavy atom. The molecule has 1 saturated heterocycles. The molecule has 1 aliphatic rings. The predicted molar refractivity (Wildman–Crippen MR) is 78.5 cm³/mol. The summed E-state index contributed by atoms with van der Waals surface area (Å²) in [5.74, 6) is -0.0641. The van der Waals surface area contributed by atoms with Crippen molar-refractivity contribution in [1.82, 2.24) is 10.6 Å². The van der Waals surface area contributed by atoms with Gasteiger partial charge in [-0.25, -0.2) is 0 Å². The number of rotatable bonds is 5. The monoisotopic (exact) mass is 259 g/mol. The van der Waals surface area contributed by atoms with E-state index in [-0.39, 0.29) is 5.91 Å². The Bertz CT molecular complexity index is 422. The molecule has 1 heterocycles. The van der Waals surface area contributed by atoms with Gasteiger partial charge in [0.15, 0.2) is 0 Å². The molecule has 1 fully saturated rings. The highest BCUT2D eigenvalue weighted by molar-refractivity contribution is 5.94. The maximum atomic E-state index is 11.7. The molecule has 3 N–H and O–H groups in total. The van der Waals surface area contributed by atoms with Gasteiger partial charge in [0.25, 0.3) is 5.91 Å². The number of benzene rings is 1. The molecule has 1 aliphatic heterocycles. The quantitative estimate of drug-likeness (QED) is 0.706. The number of hydrogen-bond donors (Lipinski definition) is 3. The van der Waals surface area contributed by atoms with E-state index < -0.39 is 0 Å². The van der Waals surface area contributed by atoms with Crippen LogP contribution in [-0.4, -0.2) is 31.6 Å². The number of anilines is 1. The molecule has 0 bridgehead atoms. The van der Waals surface area contributed by atoms with Crippen LogP contribution in [0.1, 0.15) is 23.2 Å². The van der Waals surface area contributed by atoms with Gasteiger partial charge < -0.3 is 16.0 Å². The van der Waals surface area contributed by atoms with Crippen LogP contribution in [0.25, 0.3) is 0 Å². The van der Waals surface area contributed by atoms with Crippen molar-refractivity contribution in [3.05, 3.63) is 42.5 Å². The SMILES string of the molecule is C=CCNC(=O)c1ccc(NC2CCCNC2)cc1. The van der Waals surface area contributed by atoms with E-state index >= 15 is 0 Å². The normalized spacial score (nSPS) is 18.6. The van der Waals surface area contributed by atoms with E-state index in [1.54, 1.807) is 6.08 Å². The van der Waals surface area contributed by atoms with Crippen LogP contribution in [-0.2, 0) is 0 Å². The summed E-state index contributed by atoms with van der Waals surface area (Å²) in [6.07, 6.45) is 4.07. The molecule has 0 saturated carbocycles. The zero-order valence-corrected chi connectivity index (χ0v) is 11.1. The molecule has 0 radical (unpaired) electrons. The fourth-order valence-corrected chi connectivity index (χ4v) is 2.20. The van der Waals surface area contributed by atoms with Gasteiger partial charge in [-0.1, -0.05) is 6.08 Å². The second-order valence-electron chi connectivity index (χ2n) is 4.76. The topological polar surface area (TPSA) is 53.2 Å². The van der Waals surface area contributed by atoms with Crippen molar-refractivity contribution in [3.63, 3.8) is 0 Å². The van der Waals surface area contributed by atoms with Gasteiger partial charge in [-0.15, -0.1) is 6.58 Å². The van der Waals surface area contributed by atoms with Crippen molar-refractivity contribution < 1.29 is 4.79 Å². The van der Waals surface area contributed by atoms with E-state index in [9.17, 15) is 4.79 Å². The largest absolute Gasteiger partial charge is 0.381 e. The third-order valence-electron chi connectivity index (χ3n) is 3.22. The summed E-state index contributed by atoms with van der Waals surface area (Å²) in [5.41, 5.74) is 1.74. The summed E-state index contributed by atoms with van der Waals surface area (Å²) < 4.78 is 0. The van der Waals surface area contributed by atoms with Crippen LogP contribution < -0.4 is 16.0 Å². The first-order valence-corrected chi connectivity index (χ1v) is 6.76. The van der Waals surface area contributed by atoms with Gasteiger partial charge in [-0.05, 0) is 43.7 Å². The molecule has 19 heavy (non-hydrogen) atoms. The fraction of sp³-hybridized carbons (Fsp3) is 0.400. The minimum absolute atomic E-state index is 0.0641. The minimum Gasteiger partial charge on any atom is -0.381 e. The third kappa shape index (κ3) is 4.10. The van der Waals surface area contributed by atoms with Crippen LogP contribution in [0, 0.1) is 0 Å². The van der Waals surface area contributed by atoms with Crippen molar-refractivity contribution in [2.45, 2.75) is 18.9 Å². The number of nitrogens with one attached hydrogen (secondary N) is 3. The highest BCUT2D eigenvalue weighted by Gasteiger charge is 2.12. The van der Waals surface area contributed by atoms with Crippen molar-refractivity contribution in [2.75, 3.05) is 25.0 Å². The Balaban J connectivity index is 1.90. The molecule has 1 atom stereocenters. The second kappa shape index (κ2) is 6.95. The standard InChI is InChI=1S/C15H21N3O/c1-2-9-17-15(19)12-5-7-13(8-6-12)18-14-4-3-10-16-11-14/h2,5-8,14,16,18H,1,3-4,9-11H2,(H,17,19). The van der Waals surface area contributed by atoms with Gasteiger partial charge >= 0.3 is 0 Å². The fourth-order valence-electron chi connectivity index (χ4n) is 2.20. The molecule has 1 aromatic rings. The molecular weight excluding hydrogens is 238 g/mol. The highest BCUT2D eigenvalue weighted by Crippen LogP contribution is 2.13. The summed E-state index contributed by atoms with van der Waals surface area (Å²) in [6.45, 7) is 6.18. The van der Waals surface area contributed by atoms with E-state index in [0.29, 0.717) is 18.2 Å². The van der Waals surface area contributed by atoms with Crippen LogP contribution in [0.2, 0.25) is 0 Å². The molecule has 0 spiro atoms. The summed E-state index contributed by atoms with van der Waals surface area (Å²) in [4.78, 5) is 11.7. The number of piperidine rings is 1. The number of carbonyl (C=O) groups excluding carboxylic acids is 1. The average molecular weight is 259 g/mol. The average Bonchev–Trinajstić information content (AvgIpc) is 2.46. The predicted octanol–water partition coefficient (Wildman–Crippen LogP) is 1.77. The lowest BCUT2D eigenvalue weighted by Gasteiger charge is -2.24. The molecule has 102 valence electrons. The van der Waals surface area contributed by atoms with Crippen molar-refractivity contribution in [3.8, 4) is 0 Å². The van der Waals surface area contributed by atoms with Crippen molar-refractivity contribution in [2.24, 2.45) is 0 Å². The Morgan fingerprint density at radius 3 is 2.84 bits per heavy atom. The number of amides is 1. The van der Waals surface area contributed by atoms with Crippen molar-refractivity contribution in [1.29, 1.82) is 0 Å². The first-order valence-electron chi connectivity index (χ1n) is 6.76. The first-order chi connectivity index (χ1) is 9.29. The summed E-state index contributed by atoms with van der Waals surface area (Å²) in [5, 5.41) is 9.61. The smallest absolute Gasteiger partial charge is 0.251 e. The van der Waals surface area contributed by atoms with Crippen LogP contribution in [0.15, 0.2) is 36.9 Å².